The van der Waals surface area contributed by atoms with Crippen molar-refractivity contribution < 1.29 is 32.5 Å². The summed E-state index contributed by atoms with van der Waals surface area (Å²) in [5, 5.41) is 16.4. The Balaban J connectivity index is 2.17. The zero-order chi connectivity index (χ0) is 18.7. The lowest BCUT2D eigenvalue weighted by atomic mass is 10.1. The molecule has 1 aromatic heterocycles. The number of halogens is 3. The highest BCUT2D eigenvalue weighted by molar-refractivity contribution is 5.80. The number of ether oxygens (including phenoxy) is 2. The van der Waals surface area contributed by atoms with Crippen LogP contribution in [0.3, 0.4) is 0 Å². The number of aromatic amines is 1. The molecule has 3 N–H and O–H groups in total. The average Bonchev–Trinajstić information content (AvgIpc) is 2.99. The molecular weight excluding hydrogens is 347 g/mol. The molecule has 1 aliphatic rings. The van der Waals surface area contributed by atoms with Crippen LogP contribution in [0.5, 0.6) is 0 Å². The zero-order valence-corrected chi connectivity index (χ0v) is 13.4. The third-order valence-corrected chi connectivity index (χ3v) is 3.86. The molecule has 0 aliphatic carbocycles. The fourth-order valence-electron chi connectivity index (χ4n) is 2.42. The number of rotatable bonds is 7. The van der Waals surface area contributed by atoms with E-state index in [2.05, 4.69) is 10.4 Å². The first-order valence-electron chi connectivity index (χ1n) is 7.51. The van der Waals surface area contributed by atoms with Crippen molar-refractivity contribution in [3.8, 4) is 0 Å². The second-order valence-corrected chi connectivity index (χ2v) is 5.82. The van der Waals surface area contributed by atoms with E-state index < -0.39 is 34.7 Å². The Bertz CT molecular complexity index is 672. The van der Waals surface area contributed by atoms with Gasteiger partial charge in [-0.15, -0.1) is 0 Å². The number of carboxylic acid groups (broad SMARTS) is 1. The van der Waals surface area contributed by atoms with E-state index in [1.54, 1.807) is 5.10 Å². The summed E-state index contributed by atoms with van der Waals surface area (Å²) in [6, 6.07) is 0. The van der Waals surface area contributed by atoms with Crippen molar-refractivity contribution in [3.05, 3.63) is 22.1 Å². The Hall–Kier alpha value is -2.14. The smallest absolute Gasteiger partial charge is 0.423 e. The van der Waals surface area contributed by atoms with Crippen molar-refractivity contribution in [2.45, 2.75) is 31.7 Å². The molecule has 11 heteroatoms. The van der Waals surface area contributed by atoms with Crippen molar-refractivity contribution >= 4 is 11.7 Å². The lowest BCUT2D eigenvalue weighted by Crippen LogP contribution is -2.47. The fraction of sp³-hybridized carbons (Fsp3) is 0.643. The van der Waals surface area contributed by atoms with Crippen molar-refractivity contribution in [2.24, 2.45) is 5.92 Å². The summed E-state index contributed by atoms with van der Waals surface area (Å²) in [6.45, 7) is 2.23. The average molecular weight is 365 g/mol. The van der Waals surface area contributed by atoms with E-state index in [0.717, 1.165) is 13.3 Å². The molecule has 1 fully saturated rings. The highest BCUT2D eigenvalue weighted by atomic mass is 19.4. The lowest BCUT2D eigenvalue weighted by molar-refractivity contribution is -0.160. The van der Waals surface area contributed by atoms with Gasteiger partial charge in [0, 0.05) is 13.2 Å². The number of hydrogen-bond acceptors (Lipinski definition) is 6. The molecule has 2 atom stereocenters. The van der Waals surface area contributed by atoms with Crippen LogP contribution in [0.1, 0.15) is 25.3 Å². The number of nitrogens with zero attached hydrogens (tertiary/aromatic N) is 1. The molecule has 1 saturated heterocycles. The van der Waals surface area contributed by atoms with Gasteiger partial charge in [0.15, 0.2) is 0 Å². The molecule has 0 bridgehead atoms. The van der Waals surface area contributed by atoms with Crippen LogP contribution < -0.4 is 10.9 Å². The van der Waals surface area contributed by atoms with Gasteiger partial charge in [0.2, 0.25) is 5.72 Å². The molecular formula is C14H18F3N3O5. The van der Waals surface area contributed by atoms with Gasteiger partial charge >= 0.3 is 12.1 Å². The van der Waals surface area contributed by atoms with E-state index in [9.17, 15) is 27.9 Å². The maximum Gasteiger partial charge on any atom is 0.423 e. The van der Waals surface area contributed by atoms with Crippen LogP contribution in [0.2, 0.25) is 0 Å². The van der Waals surface area contributed by atoms with Crippen molar-refractivity contribution in [2.75, 3.05) is 25.1 Å². The van der Waals surface area contributed by atoms with Gasteiger partial charge in [0.25, 0.3) is 5.56 Å². The van der Waals surface area contributed by atoms with Crippen LogP contribution in [0, 0.1) is 5.92 Å². The minimum Gasteiger partial charge on any atom is -0.478 e. The maximum atomic E-state index is 13.1. The number of nitrogens with one attached hydrogen (secondary N) is 2. The van der Waals surface area contributed by atoms with Crippen LogP contribution in [-0.4, -0.2) is 46.8 Å². The molecule has 1 aromatic rings. The summed E-state index contributed by atoms with van der Waals surface area (Å²) in [7, 11) is 0. The molecule has 2 heterocycles. The summed E-state index contributed by atoms with van der Waals surface area (Å²) < 4.78 is 49.6. The largest absolute Gasteiger partial charge is 0.478 e. The number of H-pyrrole nitrogens is 1. The molecule has 25 heavy (non-hydrogen) atoms. The number of alkyl halides is 3. The Kier molecular flexibility index (Phi) is 5.68. The van der Waals surface area contributed by atoms with Gasteiger partial charge in [0.05, 0.1) is 18.5 Å². The molecule has 2 rings (SSSR count). The van der Waals surface area contributed by atoms with E-state index in [4.69, 9.17) is 9.47 Å². The second kappa shape index (κ2) is 7.40. The number of anilines is 1. The van der Waals surface area contributed by atoms with Gasteiger partial charge in [-0.1, -0.05) is 0 Å². The van der Waals surface area contributed by atoms with Crippen LogP contribution in [-0.2, 0) is 20.4 Å². The minimum atomic E-state index is -4.99. The first-order chi connectivity index (χ1) is 11.6. The Morgan fingerprint density at radius 2 is 2.28 bits per heavy atom. The summed E-state index contributed by atoms with van der Waals surface area (Å²) >= 11 is 0. The van der Waals surface area contributed by atoms with E-state index in [1.807, 2.05) is 0 Å². The SMILES string of the molecule is CC(Nc1cn[nH]c(=O)c1C(F)(F)F)(OCCC1CCOC1)C(=O)O. The third kappa shape index (κ3) is 4.69. The zero-order valence-electron chi connectivity index (χ0n) is 13.4. The van der Waals surface area contributed by atoms with E-state index >= 15 is 0 Å². The summed E-state index contributed by atoms with van der Waals surface area (Å²) in [5.41, 5.74) is -5.98. The highest BCUT2D eigenvalue weighted by Gasteiger charge is 2.41. The normalized spacial score (nSPS) is 20.2. The highest BCUT2D eigenvalue weighted by Crippen LogP contribution is 2.33. The lowest BCUT2D eigenvalue weighted by Gasteiger charge is -2.28. The van der Waals surface area contributed by atoms with Crippen LogP contribution in [0.25, 0.3) is 0 Å². The van der Waals surface area contributed by atoms with Gasteiger partial charge in [-0.2, -0.15) is 18.3 Å². The molecule has 0 spiro atoms. The number of hydrogen-bond donors (Lipinski definition) is 3. The van der Waals surface area contributed by atoms with E-state index in [-0.39, 0.29) is 12.5 Å². The Morgan fingerprint density at radius 1 is 1.56 bits per heavy atom. The van der Waals surface area contributed by atoms with Crippen LogP contribution in [0.4, 0.5) is 18.9 Å². The summed E-state index contributed by atoms with van der Waals surface area (Å²) in [6.07, 6.45) is -2.97. The minimum absolute atomic E-state index is 0.00178. The van der Waals surface area contributed by atoms with Gasteiger partial charge < -0.3 is 19.9 Å². The number of aromatic nitrogens is 2. The Morgan fingerprint density at radius 3 is 2.84 bits per heavy atom. The fourth-order valence-corrected chi connectivity index (χ4v) is 2.42. The monoisotopic (exact) mass is 365 g/mol. The molecule has 0 radical (unpaired) electrons. The molecule has 0 amide bonds. The third-order valence-electron chi connectivity index (χ3n) is 3.86. The van der Waals surface area contributed by atoms with Crippen molar-refractivity contribution in [1.29, 1.82) is 0 Å². The number of aliphatic carboxylic acids is 1. The standard InChI is InChI=1S/C14H18F3N3O5/c1-13(12(22)23,25-5-3-8-2-4-24-7-8)19-9-6-18-20-11(21)10(9)14(15,16)17/h6,8H,2-5,7H2,1H3,(H,22,23)(H2,19,20,21). The Labute approximate surface area is 140 Å². The van der Waals surface area contributed by atoms with Crippen LogP contribution in [0.15, 0.2) is 11.0 Å². The maximum absolute atomic E-state index is 13.1. The van der Waals surface area contributed by atoms with Gasteiger partial charge in [0.1, 0.15) is 5.56 Å². The predicted molar refractivity (Wildman–Crippen MR) is 79.0 cm³/mol. The molecule has 8 nitrogen and oxygen atoms in total. The van der Waals surface area contributed by atoms with Gasteiger partial charge in [-0.25, -0.2) is 9.89 Å². The summed E-state index contributed by atoms with van der Waals surface area (Å²) in [4.78, 5) is 22.9. The predicted octanol–water partition coefficient (Wildman–Crippen LogP) is 1.44. The van der Waals surface area contributed by atoms with E-state index in [1.165, 1.54) is 0 Å². The van der Waals surface area contributed by atoms with Crippen LogP contribution >= 0.6 is 0 Å². The second-order valence-electron chi connectivity index (χ2n) is 5.82. The molecule has 2 unspecified atom stereocenters. The topological polar surface area (TPSA) is 114 Å². The quantitative estimate of drug-likeness (QED) is 0.627. The van der Waals surface area contributed by atoms with Gasteiger partial charge in [-0.3, -0.25) is 4.79 Å². The number of carbonyl (C=O) groups is 1. The molecule has 0 saturated carbocycles. The first-order valence-corrected chi connectivity index (χ1v) is 7.51. The number of carboxylic acids is 1. The van der Waals surface area contributed by atoms with E-state index in [0.29, 0.717) is 25.8 Å². The molecule has 0 aromatic carbocycles. The summed E-state index contributed by atoms with van der Waals surface area (Å²) in [5.74, 6) is -1.31. The molecule has 140 valence electrons. The van der Waals surface area contributed by atoms with Crippen molar-refractivity contribution in [1.82, 2.24) is 10.2 Å². The molecule has 1 aliphatic heterocycles. The first kappa shape index (κ1) is 19.2. The van der Waals surface area contributed by atoms with Crippen molar-refractivity contribution in [3.63, 3.8) is 0 Å². The van der Waals surface area contributed by atoms with Gasteiger partial charge in [-0.05, 0) is 25.7 Å².